The molecule has 2 heterocycles. The number of nitrogens with zero attached hydrogens (tertiary/aromatic N) is 4. The normalized spacial score (nSPS) is 10.4. The van der Waals surface area contributed by atoms with E-state index in [0.29, 0.717) is 0 Å². The first-order valence-corrected chi connectivity index (χ1v) is 5.77. The van der Waals surface area contributed by atoms with E-state index in [2.05, 4.69) is 20.7 Å². The topological polar surface area (TPSA) is 81.7 Å². The van der Waals surface area contributed by atoms with Gasteiger partial charge in [-0.05, 0) is 24.3 Å². The summed E-state index contributed by atoms with van der Waals surface area (Å²) in [4.78, 5) is 4.32. The quantitative estimate of drug-likeness (QED) is 0.546. The number of aromatic nitrogens is 4. The van der Waals surface area contributed by atoms with Crippen LogP contribution >= 0.6 is 0 Å². The molecule has 0 radical (unpaired) electrons. The second kappa shape index (κ2) is 4.87. The van der Waals surface area contributed by atoms with Crippen molar-refractivity contribution in [2.45, 2.75) is 0 Å². The number of pyridine rings is 1. The molecule has 0 aliphatic rings. The van der Waals surface area contributed by atoms with E-state index >= 15 is 0 Å². The SMILES string of the molecule is NNc1ccnc(-c2cnnn2-c2ccccc2)c1. The van der Waals surface area contributed by atoms with E-state index in [0.717, 1.165) is 22.8 Å². The number of benzene rings is 1. The first-order chi connectivity index (χ1) is 9.38. The van der Waals surface area contributed by atoms with Crippen LogP contribution in [0.4, 0.5) is 5.69 Å². The number of nitrogens with one attached hydrogen (secondary N) is 1. The zero-order valence-electron chi connectivity index (χ0n) is 10.1. The molecule has 6 heteroatoms. The molecule has 0 unspecified atom stereocenters. The van der Waals surface area contributed by atoms with Crippen LogP contribution in [0.2, 0.25) is 0 Å². The summed E-state index contributed by atoms with van der Waals surface area (Å²) in [5, 5.41) is 8.05. The van der Waals surface area contributed by atoms with Crippen molar-refractivity contribution in [2.75, 3.05) is 5.43 Å². The van der Waals surface area contributed by atoms with Crippen LogP contribution in [0.5, 0.6) is 0 Å². The summed E-state index contributed by atoms with van der Waals surface area (Å²) < 4.78 is 1.74. The maximum Gasteiger partial charge on any atom is 0.113 e. The Morgan fingerprint density at radius 2 is 1.95 bits per heavy atom. The number of hydrogen-bond donors (Lipinski definition) is 2. The molecule has 94 valence electrons. The Balaban J connectivity index is 2.09. The van der Waals surface area contributed by atoms with Crippen molar-refractivity contribution in [2.24, 2.45) is 5.84 Å². The van der Waals surface area contributed by atoms with Crippen LogP contribution in [0.3, 0.4) is 0 Å². The summed E-state index contributed by atoms with van der Waals surface area (Å²) in [6, 6.07) is 13.4. The van der Waals surface area contributed by atoms with Crippen molar-refractivity contribution in [1.82, 2.24) is 20.0 Å². The minimum atomic E-state index is 0.754. The van der Waals surface area contributed by atoms with Gasteiger partial charge in [0.2, 0.25) is 0 Å². The van der Waals surface area contributed by atoms with Crippen LogP contribution in [0.15, 0.2) is 54.9 Å². The van der Waals surface area contributed by atoms with Gasteiger partial charge in [-0.3, -0.25) is 10.8 Å². The number of anilines is 1. The number of nitrogen functional groups attached to an aromatic ring is 1. The van der Waals surface area contributed by atoms with Crippen LogP contribution in [0.25, 0.3) is 17.1 Å². The molecular formula is C13H12N6. The van der Waals surface area contributed by atoms with Crippen LogP contribution in [-0.2, 0) is 0 Å². The molecule has 19 heavy (non-hydrogen) atoms. The van der Waals surface area contributed by atoms with E-state index in [1.165, 1.54) is 0 Å². The monoisotopic (exact) mass is 252 g/mol. The number of para-hydroxylation sites is 1. The van der Waals surface area contributed by atoms with Gasteiger partial charge >= 0.3 is 0 Å². The molecule has 3 N–H and O–H groups in total. The molecule has 1 aromatic carbocycles. The van der Waals surface area contributed by atoms with E-state index in [1.807, 2.05) is 36.4 Å². The van der Waals surface area contributed by atoms with Gasteiger partial charge in [-0.25, -0.2) is 4.68 Å². The van der Waals surface area contributed by atoms with E-state index in [-0.39, 0.29) is 0 Å². The highest BCUT2D eigenvalue weighted by Crippen LogP contribution is 2.21. The van der Waals surface area contributed by atoms with Gasteiger partial charge in [0.05, 0.1) is 23.3 Å². The van der Waals surface area contributed by atoms with Crippen LogP contribution in [0.1, 0.15) is 0 Å². The lowest BCUT2D eigenvalue weighted by molar-refractivity contribution is 0.806. The summed E-state index contributed by atoms with van der Waals surface area (Å²) in [5.74, 6) is 5.41. The zero-order valence-corrected chi connectivity index (χ0v) is 10.1. The zero-order chi connectivity index (χ0) is 13.1. The number of nitrogens with two attached hydrogens (primary N) is 1. The average Bonchev–Trinajstić information content (AvgIpc) is 2.98. The van der Waals surface area contributed by atoms with Gasteiger partial charge in [0, 0.05) is 6.20 Å². The van der Waals surface area contributed by atoms with Crippen LogP contribution < -0.4 is 11.3 Å². The van der Waals surface area contributed by atoms with E-state index in [4.69, 9.17) is 5.84 Å². The third-order valence-electron chi connectivity index (χ3n) is 2.74. The Morgan fingerprint density at radius 1 is 1.11 bits per heavy atom. The summed E-state index contributed by atoms with van der Waals surface area (Å²) in [5.41, 5.74) is 5.88. The van der Waals surface area contributed by atoms with E-state index in [9.17, 15) is 0 Å². The van der Waals surface area contributed by atoms with Gasteiger partial charge in [-0.2, -0.15) is 0 Å². The summed E-state index contributed by atoms with van der Waals surface area (Å²) >= 11 is 0. The Labute approximate surface area is 109 Å². The van der Waals surface area contributed by atoms with Gasteiger partial charge in [0.25, 0.3) is 0 Å². The number of hydrogen-bond acceptors (Lipinski definition) is 5. The van der Waals surface area contributed by atoms with Gasteiger partial charge in [0.1, 0.15) is 5.69 Å². The molecule has 0 aliphatic heterocycles. The van der Waals surface area contributed by atoms with Crippen molar-refractivity contribution in [3.8, 4) is 17.1 Å². The molecule has 0 saturated carbocycles. The first kappa shape index (κ1) is 11.4. The molecule has 0 fully saturated rings. The highest BCUT2D eigenvalue weighted by Gasteiger charge is 2.09. The Kier molecular flexibility index (Phi) is 2.91. The maximum atomic E-state index is 5.41. The summed E-state index contributed by atoms with van der Waals surface area (Å²) in [6.07, 6.45) is 3.36. The highest BCUT2D eigenvalue weighted by molar-refractivity contribution is 5.61. The lowest BCUT2D eigenvalue weighted by Crippen LogP contribution is -2.07. The third kappa shape index (κ3) is 2.16. The molecule has 0 amide bonds. The lowest BCUT2D eigenvalue weighted by atomic mass is 10.2. The Bertz CT molecular complexity index is 676. The van der Waals surface area contributed by atoms with Crippen molar-refractivity contribution in [3.05, 3.63) is 54.9 Å². The minimum absolute atomic E-state index is 0.754. The fourth-order valence-corrected chi connectivity index (χ4v) is 1.83. The van der Waals surface area contributed by atoms with Crippen molar-refractivity contribution < 1.29 is 0 Å². The summed E-state index contributed by atoms with van der Waals surface area (Å²) in [7, 11) is 0. The van der Waals surface area contributed by atoms with Gasteiger partial charge in [-0.1, -0.05) is 23.4 Å². The van der Waals surface area contributed by atoms with E-state index in [1.54, 1.807) is 23.1 Å². The molecule has 0 bridgehead atoms. The third-order valence-corrected chi connectivity index (χ3v) is 2.74. The summed E-state index contributed by atoms with van der Waals surface area (Å²) in [6.45, 7) is 0. The number of hydrazine groups is 1. The van der Waals surface area contributed by atoms with Crippen molar-refractivity contribution in [1.29, 1.82) is 0 Å². The number of rotatable bonds is 3. The second-order valence-corrected chi connectivity index (χ2v) is 3.94. The predicted molar refractivity (Wildman–Crippen MR) is 72.4 cm³/mol. The van der Waals surface area contributed by atoms with Gasteiger partial charge in [-0.15, -0.1) is 5.10 Å². The molecule has 2 aromatic heterocycles. The molecule has 3 aromatic rings. The standard InChI is InChI=1S/C13H12N6/c14-17-10-6-7-15-12(8-10)13-9-16-18-19(13)11-4-2-1-3-5-11/h1-9H,14H2,(H,15,17). The second-order valence-electron chi connectivity index (χ2n) is 3.94. The highest BCUT2D eigenvalue weighted by atomic mass is 15.4. The fourth-order valence-electron chi connectivity index (χ4n) is 1.83. The van der Waals surface area contributed by atoms with Crippen LogP contribution in [-0.4, -0.2) is 20.0 Å². The van der Waals surface area contributed by atoms with Gasteiger partial charge in [0.15, 0.2) is 0 Å². The molecular weight excluding hydrogens is 240 g/mol. The lowest BCUT2D eigenvalue weighted by Gasteiger charge is -2.06. The van der Waals surface area contributed by atoms with Crippen molar-refractivity contribution in [3.63, 3.8) is 0 Å². The fraction of sp³-hybridized carbons (Fsp3) is 0. The molecule has 0 saturated heterocycles. The molecule has 0 spiro atoms. The molecule has 0 aliphatic carbocycles. The largest absolute Gasteiger partial charge is 0.324 e. The maximum absolute atomic E-state index is 5.41. The molecule has 6 nitrogen and oxygen atoms in total. The minimum Gasteiger partial charge on any atom is -0.324 e. The van der Waals surface area contributed by atoms with Crippen molar-refractivity contribution >= 4 is 5.69 Å². The van der Waals surface area contributed by atoms with Crippen LogP contribution in [0, 0.1) is 0 Å². The Hall–Kier alpha value is -2.73. The predicted octanol–water partition coefficient (Wildman–Crippen LogP) is 1.61. The molecule has 0 atom stereocenters. The molecule has 3 rings (SSSR count). The average molecular weight is 252 g/mol. The smallest absolute Gasteiger partial charge is 0.113 e. The first-order valence-electron chi connectivity index (χ1n) is 5.77. The van der Waals surface area contributed by atoms with Gasteiger partial charge < -0.3 is 5.43 Å². The Morgan fingerprint density at radius 3 is 2.74 bits per heavy atom. The van der Waals surface area contributed by atoms with E-state index < -0.39 is 0 Å².